The minimum Gasteiger partial charge on any atom is -0.345 e. The number of hydrogen-bond acceptors (Lipinski definition) is 3. The molecule has 5 nitrogen and oxygen atoms in total. The number of carbonyl (C=O) groups is 1. The highest BCUT2D eigenvalue weighted by Crippen LogP contribution is 2.10. The van der Waals surface area contributed by atoms with Crippen LogP contribution in [0.3, 0.4) is 0 Å². The van der Waals surface area contributed by atoms with Crippen molar-refractivity contribution in [2.45, 2.75) is 33.2 Å². The molecule has 0 heterocycles. The first-order valence-corrected chi connectivity index (χ1v) is 9.33. The molecule has 0 saturated heterocycles. The summed E-state index contributed by atoms with van der Waals surface area (Å²) in [4.78, 5) is 13.8. The first-order valence-electron chi connectivity index (χ1n) is 7.48. The van der Waals surface area contributed by atoms with Crippen LogP contribution in [0.2, 0.25) is 0 Å². The Morgan fingerprint density at radius 2 is 1.77 bits per heavy atom. The van der Waals surface area contributed by atoms with E-state index in [9.17, 15) is 13.2 Å². The van der Waals surface area contributed by atoms with Gasteiger partial charge in [-0.2, -0.15) is 4.31 Å². The van der Waals surface area contributed by atoms with Gasteiger partial charge < -0.3 is 4.90 Å². The monoisotopic (exact) mass is 326 g/mol. The van der Waals surface area contributed by atoms with E-state index in [1.165, 1.54) is 4.31 Å². The Kier molecular flexibility index (Phi) is 7.03. The first kappa shape index (κ1) is 18.6. The van der Waals surface area contributed by atoms with E-state index in [2.05, 4.69) is 6.92 Å². The molecule has 22 heavy (non-hydrogen) atoms. The SMILES string of the molecule is CCCCN(C)C(=O)CN(Cc1ccc(C)cc1)S(C)(=O)=O. The van der Waals surface area contributed by atoms with Crippen molar-refractivity contribution < 1.29 is 13.2 Å². The molecule has 1 aromatic carbocycles. The maximum absolute atomic E-state index is 12.2. The number of hydrogen-bond donors (Lipinski definition) is 0. The fourth-order valence-corrected chi connectivity index (χ4v) is 2.71. The van der Waals surface area contributed by atoms with E-state index in [4.69, 9.17) is 0 Å². The van der Waals surface area contributed by atoms with E-state index in [0.29, 0.717) is 6.54 Å². The highest BCUT2D eigenvalue weighted by molar-refractivity contribution is 7.88. The number of aryl methyl sites for hydroxylation is 1. The lowest BCUT2D eigenvalue weighted by Gasteiger charge is -2.23. The molecule has 0 fully saturated rings. The highest BCUT2D eigenvalue weighted by Gasteiger charge is 2.22. The van der Waals surface area contributed by atoms with Crippen LogP contribution in [0.5, 0.6) is 0 Å². The van der Waals surface area contributed by atoms with Gasteiger partial charge in [0.15, 0.2) is 0 Å². The van der Waals surface area contributed by atoms with Gasteiger partial charge in [0.1, 0.15) is 0 Å². The second-order valence-corrected chi connectivity index (χ2v) is 7.67. The van der Waals surface area contributed by atoms with E-state index in [0.717, 1.165) is 30.2 Å². The maximum Gasteiger partial charge on any atom is 0.237 e. The number of benzene rings is 1. The fraction of sp³-hybridized carbons (Fsp3) is 0.562. The van der Waals surface area contributed by atoms with Crippen LogP contribution in [0.4, 0.5) is 0 Å². The minimum absolute atomic E-state index is 0.118. The van der Waals surface area contributed by atoms with Crippen LogP contribution in [-0.2, 0) is 21.4 Å². The molecule has 0 saturated carbocycles. The van der Waals surface area contributed by atoms with Gasteiger partial charge in [-0.05, 0) is 18.9 Å². The lowest BCUT2D eigenvalue weighted by molar-refractivity contribution is -0.130. The number of rotatable bonds is 8. The number of sulfonamides is 1. The summed E-state index contributed by atoms with van der Waals surface area (Å²) in [5, 5.41) is 0. The molecular formula is C16H26N2O3S. The summed E-state index contributed by atoms with van der Waals surface area (Å²) in [6, 6.07) is 7.65. The first-order chi connectivity index (χ1) is 10.2. The Bertz CT molecular complexity index is 582. The average Bonchev–Trinajstić information content (AvgIpc) is 2.45. The zero-order valence-electron chi connectivity index (χ0n) is 13.9. The number of nitrogens with zero attached hydrogens (tertiary/aromatic N) is 2. The summed E-state index contributed by atoms with van der Waals surface area (Å²) in [5.74, 6) is -0.175. The molecule has 0 aliphatic heterocycles. The van der Waals surface area contributed by atoms with Crippen molar-refractivity contribution in [2.75, 3.05) is 26.4 Å². The molecule has 0 aliphatic rings. The van der Waals surface area contributed by atoms with Crippen molar-refractivity contribution in [3.63, 3.8) is 0 Å². The molecule has 0 atom stereocenters. The Morgan fingerprint density at radius 1 is 1.18 bits per heavy atom. The molecular weight excluding hydrogens is 300 g/mol. The van der Waals surface area contributed by atoms with Gasteiger partial charge in [0.2, 0.25) is 15.9 Å². The molecule has 0 radical (unpaired) electrons. The fourth-order valence-electron chi connectivity index (χ4n) is 1.98. The molecule has 0 bridgehead atoms. The minimum atomic E-state index is -3.44. The molecule has 1 amide bonds. The molecule has 0 aromatic heterocycles. The number of unbranched alkanes of at least 4 members (excludes halogenated alkanes) is 1. The van der Waals surface area contributed by atoms with Crippen molar-refractivity contribution in [1.29, 1.82) is 0 Å². The van der Waals surface area contributed by atoms with E-state index in [-0.39, 0.29) is 19.0 Å². The second kappa shape index (κ2) is 8.29. The van der Waals surface area contributed by atoms with Crippen LogP contribution < -0.4 is 0 Å². The summed E-state index contributed by atoms with van der Waals surface area (Å²) in [6.45, 7) is 4.78. The molecule has 0 aliphatic carbocycles. The zero-order chi connectivity index (χ0) is 16.8. The van der Waals surface area contributed by atoms with Gasteiger partial charge in [0, 0.05) is 20.1 Å². The summed E-state index contributed by atoms with van der Waals surface area (Å²) in [7, 11) is -1.72. The number of likely N-dealkylation sites (N-methyl/N-ethyl adjacent to an activating group) is 1. The van der Waals surface area contributed by atoms with E-state index < -0.39 is 10.0 Å². The largest absolute Gasteiger partial charge is 0.345 e. The van der Waals surface area contributed by atoms with Crippen molar-refractivity contribution in [3.8, 4) is 0 Å². The van der Waals surface area contributed by atoms with E-state index in [1.807, 2.05) is 31.2 Å². The topological polar surface area (TPSA) is 57.7 Å². The summed E-state index contributed by atoms with van der Waals surface area (Å²) in [6.07, 6.45) is 3.05. The van der Waals surface area contributed by atoms with Gasteiger partial charge in [-0.1, -0.05) is 43.2 Å². The van der Waals surface area contributed by atoms with Crippen LogP contribution in [0.1, 0.15) is 30.9 Å². The smallest absolute Gasteiger partial charge is 0.237 e. The standard InChI is InChI=1S/C16H26N2O3S/c1-5-6-11-17(3)16(19)13-18(22(4,20)21)12-15-9-7-14(2)8-10-15/h7-10H,5-6,11-13H2,1-4H3. The predicted molar refractivity (Wildman–Crippen MR) is 89.0 cm³/mol. The highest BCUT2D eigenvalue weighted by atomic mass is 32.2. The lowest BCUT2D eigenvalue weighted by atomic mass is 10.1. The molecule has 6 heteroatoms. The van der Waals surface area contributed by atoms with Gasteiger partial charge in [-0.25, -0.2) is 8.42 Å². The van der Waals surface area contributed by atoms with Gasteiger partial charge in [0.25, 0.3) is 0 Å². The van der Waals surface area contributed by atoms with Crippen LogP contribution >= 0.6 is 0 Å². The van der Waals surface area contributed by atoms with E-state index >= 15 is 0 Å². The molecule has 0 spiro atoms. The molecule has 0 unspecified atom stereocenters. The predicted octanol–water partition coefficient (Wildman–Crippen LogP) is 2.02. The number of amides is 1. The summed E-state index contributed by atoms with van der Waals surface area (Å²) in [5.41, 5.74) is 1.99. The Balaban J connectivity index is 2.77. The third-order valence-electron chi connectivity index (χ3n) is 3.53. The Morgan fingerprint density at radius 3 is 2.27 bits per heavy atom. The van der Waals surface area contributed by atoms with Gasteiger partial charge >= 0.3 is 0 Å². The Labute approximate surface area is 134 Å². The molecule has 1 aromatic rings. The zero-order valence-corrected chi connectivity index (χ0v) is 14.7. The molecule has 0 N–H and O–H groups in total. The van der Waals surface area contributed by atoms with Crippen LogP contribution in [0.25, 0.3) is 0 Å². The van der Waals surface area contributed by atoms with Crippen molar-refractivity contribution in [3.05, 3.63) is 35.4 Å². The van der Waals surface area contributed by atoms with Crippen molar-refractivity contribution in [1.82, 2.24) is 9.21 Å². The maximum atomic E-state index is 12.2. The van der Waals surface area contributed by atoms with Crippen molar-refractivity contribution >= 4 is 15.9 Å². The van der Waals surface area contributed by atoms with Gasteiger partial charge in [0.05, 0.1) is 12.8 Å². The number of carbonyl (C=O) groups excluding carboxylic acids is 1. The van der Waals surface area contributed by atoms with Crippen LogP contribution in [0.15, 0.2) is 24.3 Å². The normalized spacial score (nSPS) is 11.7. The van der Waals surface area contributed by atoms with Crippen molar-refractivity contribution in [2.24, 2.45) is 0 Å². The molecule has 1 rings (SSSR count). The third kappa shape index (κ3) is 6.15. The van der Waals surface area contributed by atoms with E-state index in [1.54, 1.807) is 11.9 Å². The average molecular weight is 326 g/mol. The third-order valence-corrected chi connectivity index (χ3v) is 4.73. The molecule has 124 valence electrons. The van der Waals surface area contributed by atoms with Crippen LogP contribution in [0, 0.1) is 6.92 Å². The summed E-state index contributed by atoms with van der Waals surface area (Å²) >= 11 is 0. The van der Waals surface area contributed by atoms with Gasteiger partial charge in [-0.15, -0.1) is 0 Å². The quantitative estimate of drug-likeness (QED) is 0.734. The second-order valence-electron chi connectivity index (χ2n) is 5.69. The van der Waals surface area contributed by atoms with Crippen LogP contribution in [-0.4, -0.2) is 49.9 Å². The summed E-state index contributed by atoms with van der Waals surface area (Å²) < 4.78 is 25.1. The van der Waals surface area contributed by atoms with Gasteiger partial charge in [-0.3, -0.25) is 4.79 Å². The lowest BCUT2D eigenvalue weighted by Crippen LogP contribution is -2.41. The Hall–Kier alpha value is -1.40.